The number of carbonyl (C=O) groups is 1. The molecule has 0 bridgehead atoms. The lowest BCUT2D eigenvalue weighted by molar-refractivity contribution is 0.0745. The molecule has 2 aliphatic rings. The summed E-state index contributed by atoms with van der Waals surface area (Å²) >= 11 is 0. The highest BCUT2D eigenvalue weighted by molar-refractivity contribution is 5.96. The Morgan fingerprint density at radius 2 is 1.63 bits per heavy atom. The maximum Gasteiger partial charge on any atom is 0.254 e. The van der Waals surface area contributed by atoms with Gasteiger partial charge in [-0.1, -0.05) is 24.3 Å². The molecule has 2 fully saturated rings. The first-order chi connectivity index (χ1) is 18.4. The zero-order chi connectivity index (χ0) is 26.6. The summed E-state index contributed by atoms with van der Waals surface area (Å²) in [7, 11) is 0. The molecule has 1 amide bonds. The SMILES string of the molecule is Cc1cccc(N2CCN(C(=O)c3cc(CC4CCN(c5ccccc5C#N)CC4)c(C)cc3C)CC2)n1. The second-order valence-electron chi connectivity index (χ2n) is 10.8. The summed E-state index contributed by atoms with van der Waals surface area (Å²) in [4.78, 5) is 24.9. The van der Waals surface area contributed by atoms with Crippen molar-refractivity contribution in [2.24, 2.45) is 5.92 Å². The molecule has 0 spiro atoms. The lowest BCUT2D eigenvalue weighted by atomic mass is 9.86. The van der Waals surface area contributed by atoms with E-state index in [9.17, 15) is 10.1 Å². The quantitative estimate of drug-likeness (QED) is 0.469. The fourth-order valence-electron chi connectivity index (χ4n) is 5.89. The number of hydrogen-bond acceptors (Lipinski definition) is 5. The number of nitriles is 1. The van der Waals surface area contributed by atoms with Crippen LogP contribution in [0.5, 0.6) is 0 Å². The number of aryl methyl sites for hydroxylation is 3. The first-order valence-electron chi connectivity index (χ1n) is 13.7. The Labute approximate surface area is 226 Å². The van der Waals surface area contributed by atoms with Gasteiger partial charge in [-0.2, -0.15) is 5.26 Å². The second kappa shape index (κ2) is 11.3. The Morgan fingerprint density at radius 3 is 2.34 bits per heavy atom. The van der Waals surface area contributed by atoms with Crippen molar-refractivity contribution in [3.05, 3.63) is 88.1 Å². The molecule has 5 rings (SSSR count). The summed E-state index contributed by atoms with van der Waals surface area (Å²) in [5, 5.41) is 9.48. The van der Waals surface area contributed by atoms with Crippen LogP contribution in [0.1, 0.15) is 51.1 Å². The fraction of sp³-hybridized carbons (Fsp3) is 0.406. The largest absolute Gasteiger partial charge is 0.370 e. The van der Waals surface area contributed by atoms with Crippen molar-refractivity contribution in [3.63, 3.8) is 0 Å². The van der Waals surface area contributed by atoms with Gasteiger partial charge in [0, 0.05) is 50.5 Å². The Hall–Kier alpha value is -3.85. The molecule has 6 nitrogen and oxygen atoms in total. The molecule has 0 saturated carbocycles. The Bertz CT molecular complexity index is 1340. The predicted molar refractivity (Wildman–Crippen MR) is 153 cm³/mol. The average Bonchev–Trinajstić information content (AvgIpc) is 2.94. The molecule has 38 heavy (non-hydrogen) atoms. The van der Waals surface area contributed by atoms with E-state index in [4.69, 9.17) is 0 Å². The zero-order valence-corrected chi connectivity index (χ0v) is 22.8. The van der Waals surface area contributed by atoms with Gasteiger partial charge in [0.2, 0.25) is 0 Å². The minimum absolute atomic E-state index is 0.142. The highest BCUT2D eigenvalue weighted by Gasteiger charge is 2.26. The first kappa shape index (κ1) is 25.8. The fourth-order valence-corrected chi connectivity index (χ4v) is 5.89. The molecule has 0 atom stereocenters. The lowest BCUT2D eigenvalue weighted by Gasteiger charge is -2.36. The molecule has 3 heterocycles. The number of carbonyl (C=O) groups excluding carboxylic acids is 1. The van der Waals surface area contributed by atoms with Crippen molar-refractivity contribution in [1.82, 2.24) is 9.88 Å². The van der Waals surface area contributed by atoms with Crippen LogP contribution in [-0.2, 0) is 6.42 Å². The van der Waals surface area contributed by atoms with E-state index < -0.39 is 0 Å². The van der Waals surface area contributed by atoms with Crippen LogP contribution in [0.2, 0.25) is 0 Å². The normalized spacial score (nSPS) is 16.4. The molecule has 196 valence electrons. The summed E-state index contributed by atoms with van der Waals surface area (Å²) in [6, 6.07) is 20.7. The molecular weight excluding hydrogens is 470 g/mol. The van der Waals surface area contributed by atoms with Crippen molar-refractivity contribution in [1.29, 1.82) is 5.26 Å². The number of nitrogens with zero attached hydrogens (tertiary/aromatic N) is 5. The Morgan fingerprint density at radius 1 is 0.895 bits per heavy atom. The molecule has 3 aromatic rings. The average molecular weight is 508 g/mol. The molecule has 0 radical (unpaired) electrons. The number of aromatic nitrogens is 1. The van der Waals surface area contributed by atoms with Gasteiger partial charge in [0.25, 0.3) is 5.91 Å². The molecule has 6 heteroatoms. The van der Waals surface area contributed by atoms with Gasteiger partial charge in [0.1, 0.15) is 11.9 Å². The maximum absolute atomic E-state index is 13.6. The second-order valence-corrected chi connectivity index (χ2v) is 10.8. The number of para-hydroxylation sites is 1. The molecule has 2 aromatic carbocycles. The summed E-state index contributed by atoms with van der Waals surface area (Å²) in [5.74, 6) is 1.71. The van der Waals surface area contributed by atoms with Crippen LogP contribution in [-0.4, -0.2) is 55.1 Å². The molecule has 2 aliphatic heterocycles. The topological polar surface area (TPSA) is 63.5 Å². The van der Waals surface area contributed by atoms with Gasteiger partial charge in [-0.25, -0.2) is 4.98 Å². The number of hydrogen-bond donors (Lipinski definition) is 0. The van der Waals surface area contributed by atoms with Crippen LogP contribution in [0.3, 0.4) is 0 Å². The van der Waals surface area contributed by atoms with Crippen LogP contribution >= 0.6 is 0 Å². The number of anilines is 2. The van der Waals surface area contributed by atoms with E-state index in [1.807, 2.05) is 48.2 Å². The molecule has 0 N–H and O–H groups in total. The number of benzene rings is 2. The van der Waals surface area contributed by atoms with E-state index in [-0.39, 0.29) is 5.91 Å². The third-order valence-corrected chi connectivity index (χ3v) is 8.17. The van der Waals surface area contributed by atoms with Crippen molar-refractivity contribution < 1.29 is 4.79 Å². The maximum atomic E-state index is 13.6. The molecule has 1 aromatic heterocycles. The van der Waals surface area contributed by atoms with Gasteiger partial charge in [0.05, 0.1) is 11.3 Å². The number of rotatable bonds is 5. The molecule has 2 saturated heterocycles. The predicted octanol–water partition coefficient (Wildman–Crippen LogP) is 5.30. The number of piperazine rings is 1. The van der Waals surface area contributed by atoms with Gasteiger partial charge >= 0.3 is 0 Å². The molecular formula is C32H37N5O. The van der Waals surface area contributed by atoms with Crippen molar-refractivity contribution in [3.8, 4) is 6.07 Å². The standard InChI is InChI=1S/C32H37N5O/c1-23-19-24(2)29(32(38)37-17-15-36(16-18-37)31-10-6-7-25(3)34-31)21-28(23)20-26-11-13-35(14-12-26)30-9-5-4-8-27(30)22-33/h4-10,19,21,26H,11-18,20H2,1-3H3. The van der Waals surface area contributed by atoms with E-state index in [2.05, 4.69) is 52.9 Å². The van der Waals surface area contributed by atoms with Crippen LogP contribution < -0.4 is 9.80 Å². The van der Waals surface area contributed by atoms with E-state index in [1.54, 1.807) is 0 Å². The van der Waals surface area contributed by atoms with E-state index >= 15 is 0 Å². The zero-order valence-electron chi connectivity index (χ0n) is 22.8. The Balaban J connectivity index is 1.22. The minimum Gasteiger partial charge on any atom is -0.370 e. The van der Waals surface area contributed by atoms with Crippen LogP contribution in [0.15, 0.2) is 54.6 Å². The van der Waals surface area contributed by atoms with Gasteiger partial charge in [-0.05, 0) is 93.0 Å². The van der Waals surface area contributed by atoms with Crippen molar-refractivity contribution in [2.45, 2.75) is 40.0 Å². The number of amides is 1. The Kier molecular flexibility index (Phi) is 7.64. The molecule has 0 aliphatic carbocycles. The summed E-state index contributed by atoms with van der Waals surface area (Å²) in [6.07, 6.45) is 3.17. The van der Waals surface area contributed by atoms with E-state index in [0.717, 1.165) is 79.3 Å². The minimum atomic E-state index is 0.142. The first-order valence-corrected chi connectivity index (χ1v) is 13.7. The third kappa shape index (κ3) is 5.52. The van der Waals surface area contributed by atoms with Crippen molar-refractivity contribution in [2.75, 3.05) is 49.1 Å². The third-order valence-electron chi connectivity index (χ3n) is 8.17. The van der Waals surface area contributed by atoms with E-state index in [1.165, 1.54) is 11.1 Å². The molecule has 0 unspecified atom stereocenters. The van der Waals surface area contributed by atoms with Crippen LogP contribution in [0.25, 0.3) is 0 Å². The smallest absolute Gasteiger partial charge is 0.254 e. The van der Waals surface area contributed by atoms with Gasteiger partial charge in [0.15, 0.2) is 0 Å². The van der Waals surface area contributed by atoms with E-state index in [0.29, 0.717) is 19.0 Å². The summed E-state index contributed by atoms with van der Waals surface area (Å²) < 4.78 is 0. The lowest BCUT2D eigenvalue weighted by Crippen LogP contribution is -2.49. The number of piperidine rings is 1. The highest BCUT2D eigenvalue weighted by Crippen LogP contribution is 2.29. The van der Waals surface area contributed by atoms with Crippen molar-refractivity contribution >= 4 is 17.4 Å². The monoisotopic (exact) mass is 507 g/mol. The van der Waals surface area contributed by atoms with Gasteiger partial charge in [-0.3, -0.25) is 4.79 Å². The highest BCUT2D eigenvalue weighted by atomic mass is 16.2. The van der Waals surface area contributed by atoms with Gasteiger partial charge < -0.3 is 14.7 Å². The van der Waals surface area contributed by atoms with Crippen LogP contribution in [0.4, 0.5) is 11.5 Å². The summed E-state index contributed by atoms with van der Waals surface area (Å²) in [6.45, 7) is 11.2. The summed E-state index contributed by atoms with van der Waals surface area (Å²) in [5.41, 5.74) is 7.27. The number of pyridine rings is 1. The van der Waals surface area contributed by atoms with Gasteiger partial charge in [-0.15, -0.1) is 0 Å². The van der Waals surface area contributed by atoms with Crippen LogP contribution in [0, 0.1) is 38.0 Å².